The number of nitrogens with two attached hydrogens (primary N) is 1. The van der Waals surface area contributed by atoms with Crippen molar-refractivity contribution in [1.82, 2.24) is 5.43 Å². The molecule has 156 valence electrons. The first-order valence-electron chi connectivity index (χ1n) is 10.6. The zero-order valence-electron chi connectivity index (χ0n) is 17.1. The van der Waals surface area contributed by atoms with Gasteiger partial charge in [-0.15, -0.1) is 0 Å². The van der Waals surface area contributed by atoms with Gasteiger partial charge in [0.05, 0.1) is 6.61 Å². The molecule has 0 unspecified atom stereocenters. The van der Waals surface area contributed by atoms with Crippen LogP contribution in [0.15, 0.2) is 28.6 Å². The standard InChI is InChI=1S/C15H21NO2.C6H14N4/c1-2-3-4-5-10-18-13-7-8-14-12(11-13)6-9-15(17)16-14;7-9-10-8-6-4-2-1-3-5-6/h7-8,11H,2-6,9-10H2,1H3,(H,16,17);6H,1-5H2,(H2,7,10)(H,8,9). The van der Waals surface area contributed by atoms with Gasteiger partial charge in [0.2, 0.25) is 5.91 Å². The Bertz CT molecular complexity index is 615. The average molecular weight is 390 g/mol. The molecular weight excluding hydrogens is 354 g/mol. The molecule has 1 fully saturated rings. The lowest BCUT2D eigenvalue weighted by Crippen LogP contribution is -2.26. The van der Waals surface area contributed by atoms with E-state index in [2.05, 4.69) is 34.2 Å². The Kier molecular flexibility index (Phi) is 10.2. The second-order valence-corrected chi connectivity index (χ2v) is 7.46. The molecular formula is C21H35N5O2. The van der Waals surface area contributed by atoms with Crippen LogP contribution in [0, 0.1) is 0 Å². The molecule has 7 nitrogen and oxygen atoms in total. The predicted molar refractivity (Wildman–Crippen MR) is 112 cm³/mol. The van der Waals surface area contributed by atoms with Gasteiger partial charge in [-0.2, -0.15) is 0 Å². The first-order valence-corrected chi connectivity index (χ1v) is 10.6. The quantitative estimate of drug-likeness (QED) is 0.260. The number of fused-ring (bicyclic) bond motifs is 1. The van der Waals surface area contributed by atoms with Crippen LogP contribution >= 0.6 is 0 Å². The zero-order valence-corrected chi connectivity index (χ0v) is 17.1. The van der Waals surface area contributed by atoms with Crippen LogP contribution < -0.4 is 21.3 Å². The van der Waals surface area contributed by atoms with E-state index in [-0.39, 0.29) is 5.91 Å². The van der Waals surface area contributed by atoms with Crippen molar-refractivity contribution in [3.05, 3.63) is 23.8 Å². The first kappa shape index (κ1) is 22.0. The van der Waals surface area contributed by atoms with Crippen LogP contribution in [0.2, 0.25) is 0 Å². The fourth-order valence-electron chi connectivity index (χ4n) is 3.52. The van der Waals surface area contributed by atoms with Crippen molar-refractivity contribution in [2.75, 3.05) is 11.9 Å². The van der Waals surface area contributed by atoms with Crippen molar-refractivity contribution < 1.29 is 9.53 Å². The Morgan fingerprint density at radius 1 is 1.18 bits per heavy atom. The first-order chi connectivity index (χ1) is 13.7. The molecule has 4 N–H and O–H groups in total. The van der Waals surface area contributed by atoms with Gasteiger partial charge < -0.3 is 15.9 Å². The summed E-state index contributed by atoms with van der Waals surface area (Å²) in [5.41, 5.74) is 5.02. The van der Waals surface area contributed by atoms with Crippen LogP contribution in [0.25, 0.3) is 0 Å². The van der Waals surface area contributed by atoms with Crippen LogP contribution in [-0.4, -0.2) is 18.6 Å². The molecule has 28 heavy (non-hydrogen) atoms. The molecule has 1 aliphatic heterocycles. The Morgan fingerprint density at radius 2 is 2.00 bits per heavy atom. The number of nitrogens with one attached hydrogen (secondary N) is 2. The molecule has 0 radical (unpaired) electrons. The highest BCUT2D eigenvalue weighted by molar-refractivity contribution is 5.93. The summed E-state index contributed by atoms with van der Waals surface area (Å²) in [4.78, 5) is 11.2. The molecule has 7 heteroatoms. The number of nitrogens with zero attached hydrogens (tertiary/aromatic N) is 2. The van der Waals surface area contributed by atoms with Crippen molar-refractivity contribution in [1.29, 1.82) is 0 Å². The maximum Gasteiger partial charge on any atom is 0.224 e. The molecule has 0 bridgehead atoms. The number of rotatable bonds is 8. The number of hydrogen-bond donors (Lipinski definition) is 3. The van der Waals surface area contributed by atoms with Crippen molar-refractivity contribution in [2.24, 2.45) is 16.3 Å². The fourth-order valence-corrected chi connectivity index (χ4v) is 3.52. The third kappa shape index (κ3) is 8.15. The molecule has 0 spiro atoms. The summed E-state index contributed by atoms with van der Waals surface area (Å²) >= 11 is 0. The fraction of sp³-hybridized carbons (Fsp3) is 0.667. The molecule has 1 aromatic carbocycles. The lowest BCUT2D eigenvalue weighted by molar-refractivity contribution is -0.116. The molecule has 1 aliphatic carbocycles. The molecule has 1 aromatic rings. The largest absolute Gasteiger partial charge is 0.494 e. The lowest BCUT2D eigenvalue weighted by atomic mass is 9.96. The Morgan fingerprint density at radius 3 is 2.75 bits per heavy atom. The molecule has 1 saturated carbocycles. The van der Waals surface area contributed by atoms with Gasteiger partial charge in [-0.3, -0.25) is 10.2 Å². The van der Waals surface area contributed by atoms with Gasteiger partial charge in [-0.1, -0.05) is 55.9 Å². The minimum absolute atomic E-state index is 0.107. The third-order valence-corrected chi connectivity index (χ3v) is 5.14. The molecule has 1 heterocycles. The van der Waals surface area contributed by atoms with E-state index >= 15 is 0 Å². The van der Waals surface area contributed by atoms with E-state index in [1.807, 2.05) is 12.1 Å². The van der Waals surface area contributed by atoms with Crippen molar-refractivity contribution in [3.63, 3.8) is 0 Å². The van der Waals surface area contributed by atoms with Crippen LogP contribution in [-0.2, 0) is 11.2 Å². The minimum Gasteiger partial charge on any atom is -0.494 e. The Hall–Kier alpha value is -2.31. The topological polar surface area (TPSA) is 101 Å². The number of carbonyl (C=O) groups is 1. The lowest BCUT2D eigenvalue weighted by Gasteiger charge is -2.19. The van der Waals surface area contributed by atoms with E-state index in [0.717, 1.165) is 30.9 Å². The summed E-state index contributed by atoms with van der Waals surface area (Å²) in [6, 6.07) is 6.44. The number of amides is 1. The summed E-state index contributed by atoms with van der Waals surface area (Å²) < 4.78 is 5.73. The minimum atomic E-state index is 0.107. The van der Waals surface area contributed by atoms with E-state index in [9.17, 15) is 4.79 Å². The van der Waals surface area contributed by atoms with E-state index in [1.54, 1.807) is 0 Å². The van der Waals surface area contributed by atoms with Gasteiger partial charge in [0.1, 0.15) is 5.75 Å². The number of carbonyl (C=O) groups excluding carboxylic acids is 1. The third-order valence-electron chi connectivity index (χ3n) is 5.14. The maximum absolute atomic E-state index is 11.2. The van der Waals surface area contributed by atoms with Gasteiger partial charge in [0.15, 0.2) is 0 Å². The highest BCUT2D eigenvalue weighted by Crippen LogP contribution is 2.26. The average Bonchev–Trinajstić information content (AvgIpc) is 2.73. The monoisotopic (exact) mass is 389 g/mol. The number of anilines is 1. The van der Waals surface area contributed by atoms with Crippen LogP contribution in [0.4, 0.5) is 5.69 Å². The SMILES string of the molecule is CCCCCCOc1ccc2c(c1)CCC(=O)N2.N/N=N\NC1CCCCC1. The highest BCUT2D eigenvalue weighted by Gasteiger charge is 2.15. The van der Waals surface area contributed by atoms with E-state index < -0.39 is 0 Å². The van der Waals surface area contributed by atoms with Gasteiger partial charge in [0.25, 0.3) is 0 Å². The molecule has 0 aromatic heterocycles. The summed E-state index contributed by atoms with van der Waals surface area (Å²) in [5, 5.41) is 9.57. The zero-order chi connectivity index (χ0) is 20.0. The maximum atomic E-state index is 11.2. The normalized spacial score (nSPS) is 16.7. The van der Waals surface area contributed by atoms with E-state index in [4.69, 9.17) is 10.6 Å². The predicted octanol–water partition coefficient (Wildman–Crippen LogP) is 4.68. The summed E-state index contributed by atoms with van der Waals surface area (Å²) in [7, 11) is 0. The number of hydrogen-bond acceptors (Lipinski definition) is 4. The molecule has 0 atom stereocenters. The van der Waals surface area contributed by atoms with Crippen molar-refractivity contribution >= 4 is 11.6 Å². The molecule has 3 rings (SSSR count). The van der Waals surface area contributed by atoms with Crippen molar-refractivity contribution in [3.8, 4) is 5.75 Å². The molecule has 0 saturated heterocycles. The number of aryl methyl sites for hydroxylation is 1. The van der Waals surface area contributed by atoms with Crippen molar-refractivity contribution in [2.45, 2.75) is 83.6 Å². The van der Waals surface area contributed by atoms with Gasteiger partial charge >= 0.3 is 0 Å². The van der Waals surface area contributed by atoms with Crippen LogP contribution in [0.1, 0.15) is 76.7 Å². The van der Waals surface area contributed by atoms with E-state index in [0.29, 0.717) is 12.5 Å². The van der Waals surface area contributed by atoms with Gasteiger partial charge in [-0.05, 0) is 49.4 Å². The van der Waals surface area contributed by atoms with Gasteiger partial charge in [0, 0.05) is 18.2 Å². The number of ether oxygens (including phenoxy) is 1. The number of benzene rings is 1. The second-order valence-electron chi connectivity index (χ2n) is 7.46. The Labute approximate surface area is 168 Å². The summed E-state index contributed by atoms with van der Waals surface area (Å²) in [6.45, 7) is 2.99. The van der Waals surface area contributed by atoms with Crippen LogP contribution in [0.3, 0.4) is 0 Å². The molecule has 2 aliphatic rings. The number of unbranched alkanes of at least 4 members (excludes halogenated alkanes) is 3. The summed E-state index contributed by atoms with van der Waals surface area (Å²) in [6.07, 6.45) is 12.6. The molecule has 1 amide bonds. The second kappa shape index (κ2) is 13.0. The Balaban J connectivity index is 0.000000237. The van der Waals surface area contributed by atoms with E-state index in [1.165, 1.54) is 56.9 Å². The smallest absolute Gasteiger partial charge is 0.224 e. The van der Waals surface area contributed by atoms with Crippen LogP contribution in [0.5, 0.6) is 5.75 Å². The van der Waals surface area contributed by atoms with Gasteiger partial charge in [-0.25, -0.2) is 0 Å². The highest BCUT2D eigenvalue weighted by atomic mass is 16.5. The summed E-state index contributed by atoms with van der Waals surface area (Å²) in [5.74, 6) is 5.87.